The van der Waals surface area contributed by atoms with Crippen LogP contribution in [0.4, 0.5) is 5.69 Å². The van der Waals surface area contributed by atoms with E-state index in [-0.39, 0.29) is 0 Å². The van der Waals surface area contributed by atoms with Crippen molar-refractivity contribution in [2.75, 3.05) is 18.5 Å². The van der Waals surface area contributed by atoms with E-state index in [0.717, 1.165) is 25.8 Å². The summed E-state index contributed by atoms with van der Waals surface area (Å²) in [6.45, 7) is 3.50. The minimum atomic E-state index is -1.48. The van der Waals surface area contributed by atoms with Crippen LogP contribution in [0, 0.1) is 0 Å². The third-order valence-corrected chi connectivity index (χ3v) is 2.57. The van der Waals surface area contributed by atoms with Gasteiger partial charge >= 0.3 is 0 Å². The summed E-state index contributed by atoms with van der Waals surface area (Å²) >= 11 is 0. The second-order valence-electron chi connectivity index (χ2n) is 4.12. The van der Waals surface area contributed by atoms with Crippen LogP contribution in [-0.2, 0) is 4.74 Å². The predicted molar refractivity (Wildman–Crippen MR) is 74.5 cm³/mol. The standard InChI is InChI=1S/C14H22N2O3/c1-2-3-9-19-10-5-4-7-16-13-11-15-8-6-12(13)14(17)18/h3,6,8-9,11,14,16-18H,2,4-5,7,10H2,1H3/b9-3+. The van der Waals surface area contributed by atoms with Gasteiger partial charge in [-0.2, -0.15) is 0 Å². The molecule has 0 atom stereocenters. The van der Waals surface area contributed by atoms with Gasteiger partial charge in [0.15, 0.2) is 6.29 Å². The van der Waals surface area contributed by atoms with Crippen molar-refractivity contribution >= 4 is 5.69 Å². The molecular formula is C14H22N2O3. The Balaban J connectivity index is 2.21. The molecule has 0 aromatic carbocycles. The van der Waals surface area contributed by atoms with Gasteiger partial charge < -0.3 is 20.3 Å². The predicted octanol–water partition coefficient (Wildman–Crippen LogP) is 2.20. The Labute approximate surface area is 113 Å². The molecule has 0 unspecified atom stereocenters. The highest BCUT2D eigenvalue weighted by Crippen LogP contribution is 2.19. The van der Waals surface area contributed by atoms with Crippen molar-refractivity contribution in [3.63, 3.8) is 0 Å². The number of ether oxygens (including phenoxy) is 1. The van der Waals surface area contributed by atoms with E-state index in [0.29, 0.717) is 17.9 Å². The second-order valence-corrected chi connectivity index (χ2v) is 4.12. The van der Waals surface area contributed by atoms with Crippen LogP contribution in [0.25, 0.3) is 0 Å². The van der Waals surface area contributed by atoms with Crippen LogP contribution in [0.2, 0.25) is 0 Å². The number of anilines is 1. The molecule has 3 N–H and O–H groups in total. The number of nitrogens with one attached hydrogen (secondary N) is 1. The molecule has 0 fully saturated rings. The van der Waals surface area contributed by atoms with Crippen molar-refractivity contribution in [1.29, 1.82) is 0 Å². The van der Waals surface area contributed by atoms with Crippen molar-refractivity contribution in [3.8, 4) is 0 Å². The first-order chi connectivity index (χ1) is 9.25. The third kappa shape index (κ3) is 6.22. The van der Waals surface area contributed by atoms with Crippen molar-refractivity contribution in [2.24, 2.45) is 0 Å². The largest absolute Gasteiger partial charge is 0.502 e. The first-order valence-corrected chi connectivity index (χ1v) is 6.56. The molecular weight excluding hydrogens is 244 g/mol. The van der Waals surface area contributed by atoms with Crippen molar-refractivity contribution < 1.29 is 14.9 Å². The first-order valence-electron chi connectivity index (χ1n) is 6.56. The zero-order valence-electron chi connectivity index (χ0n) is 11.2. The molecule has 1 aromatic rings. The maximum atomic E-state index is 9.19. The number of rotatable bonds is 9. The van der Waals surface area contributed by atoms with E-state index in [9.17, 15) is 10.2 Å². The molecule has 0 aliphatic carbocycles. The van der Waals surface area contributed by atoms with E-state index in [1.807, 2.05) is 6.08 Å². The molecule has 0 bridgehead atoms. The number of aliphatic hydroxyl groups is 2. The summed E-state index contributed by atoms with van der Waals surface area (Å²) in [7, 11) is 0. The number of unbranched alkanes of at least 4 members (excludes halogenated alkanes) is 1. The SMILES string of the molecule is CC/C=C/OCCCCNc1cnccc1C(O)O. The summed E-state index contributed by atoms with van der Waals surface area (Å²) in [6.07, 6.45) is 8.22. The number of aromatic nitrogens is 1. The maximum absolute atomic E-state index is 9.19. The highest BCUT2D eigenvalue weighted by molar-refractivity contribution is 5.49. The Hall–Kier alpha value is -1.59. The summed E-state index contributed by atoms with van der Waals surface area (Å²) < 4.78 is 5.29. The molecule has 1 aromatic heterocycles. The Morgan fingerprint density at radius 3 is 3.00 bits per heavy atom. The minimum absolute atomic E-state index is 0.442. The minimum Gasteiger partial charge on any atom is -0.502 e. The van der Waals surface area contributed by atoms with Gasteiger partial charge in [0.25, 0.3) is 0 Å². The zero-order valence-corrected chi connectivity index (χ0v) is 11.2. The molecule has 0 radical (unpaired) electrons. The number of hydrogen-bond acceptors (Lipinski definition) is 5. The lowest BCUT2D eigenvalue weighted by molar-refractivity contribution is -0.0419. The topological polar surface area (TPSA) is 74.6 Å². The van der Waals surface area contributed by atoms with Gasteiger partial charge in [0.1, 0.15) is 0 Å². The molecule has 0 saturated heterocycles. The zero-order chi connectivity index (χ0) is 13.9. The Kier molecular flexibility index (Phi) is 7.62. The number of aliphatic hydroxyl groups excluding tert-OH is 1. The molecule has 0 amide bonds. The normalized spacial score (nSPS) is 11.2. The molecule has 0 aliphatic rings. The highest BCUT2D eigenvalue weighted by atomic mass is 16.5. The van der Waals surface area contributed by atoms with Gasteiger partial charge in [-0.25, -0.2) is 0 Å². The molecule has 0 aliphatic heterocycles. The molecule has 5 heteroatoms. The summed E-state index contributed by atoms with van der Waals surface area (Å²) in [5, 5.41) is 21.5. The highest BCUT2D eigenvalue weighted by Gasteiger charge is 2.08. The van der Waals surface area contributed by atoms with E-state index < -0.39 is 6.29 Å². The first kappa shape index (κ1) is 15.5. The van der Waals surface area contributed by atoms with Gasteiger partial charge in [0.05, 0.1) is 24.8 Å². The van der Waals surface area contributed by atoms with E-state index in [2.05, 4.69) is 17.2 Å². The molecule has 1 heterocycles. The Morgan fingerprint density at radius 1 is 1.42 bits per heavy atom. The average Bonchev–Trinajstić information content (AvgIpc) is 2.42. The Morgan fingerprint density at radius 2 is 2.26 bits per heavy atom. The van der Waals surface area contributed by atoms with Crippen LogP contribution in [0.1, 0.15) is 38.0 Å². The molecule has 19 heavy (non-hydrogen) atoms. The molecule has 1 rings (SSSR count). The summed E-state index contributed by atoms with van der Waals surface area (Å²) in [5.41, 5.74) is 1.10. The van der Waals surface area contributed by atoms with Crippen LogP contribution in [0.15, 0.2) is 30.8 Å². The molecule has 0 spiro atoms. The van der Waals surface area contributed by atoms with Crippen molar-refractivity contribution in [3.05, 3.63) is 36.4 Å². The molecule has 0 saturated carbocycles. The van der Waals surface area contributed by atoms with Crippen molar-refractivity contribution in [2.45, 2.75) is 32.5 Å². The van der Waals surface area contributed by atoms with E-state index in [4.69, 9.17) is 4.74 Å². The van der Waals surface area contributed by atoms with Crippen LogP contribution >= 0.6 is 0 Å². The van der Waals surface area contributed by atoms with Gasteiger partial charge in [0, 0.05) is 18.3 Å². The van der Waals surface area contributed by atoms with E-state index in [1.54, 1.807) is 18.5 Å². The fourth-order valence-corrected chi connectivity index (χ4v) is 1.54. The van der Waals surface area contributed by atoms with E-state index >= 15 is 0 Å². The number of nitrogens with zero attached hydrogens (tertiary/aromatic N) is 1. The lowest BCUT2D eigenvalue weighted by Crippen LogP contribution is -2.07. The van der Waals surface area contributed by atoms with Gasteiger partial charge in [-0.05, 0) is 25.3 Å². The number of pyridine rings is 1. The fourth-order valence-electron chi connectivity index (χ4n) is 1.54. The third-order valence-electron chi connectivity index (χ3n) is 2.57. The van der Waals surface area contributed by atoms with Gasteiger partial charge in [0.2, 0.25) is 0 Å². The quantitative estimate of drug-likeness (QED) is 0.363. The summed E-state index contributed by atoms with van der Waals surface area (Å²) in [5.74, 6) is 0. The average molecular weight is 266 g/mol. The van der Waals surface area contributed by atoms with Crippen LogP contribution in [0.5, 0.6) is 0 Å². The summed E-state index contributed by atoms with van der Waals surface area (Å²) in [6, 6.07) is 1.59. The lowest BCUT2D eigenvalue weighted by Gasteiger charge is -2.12. The molecule has 5 nitrogen and oxygen atoms in total. The maximum Gasteiger partial charge on any atom is 0.180 e. The summed E-state index contributed by atoms with van der Waals surface area (Å²) in [4.78, 5) is 3.96. The Bertz CT molecular complexity index is 381. The van der Waals surface area contributed by atoms with E-state index in [1.165, 1.54) is 6.20 Å². The van der Waals surface area contributed by atoms with Crippen LogP contribution < -0.4 is 5.32 Å². The van der Waals surface area contributed by atoms with Crippen LogP contribution in [-0.4, -0.2) is 28.3 Å². The molecule has 106 valence electrons. The smallest absolute Gasteiger partial charge is 0.180 e. The number of hydrogen-bond donors (Lipinski definition) is 3. The van der Waals surface area contributed by atoms with Gasteiger partial charge in [-0.3, -0.25) is 4.98 Å². The lowest BCUT2D eigenvalue weighted by atomic mass is 10.2. The van der Waals surface area contributed by atoms with Gasteiger partial charge in [-0.1, -0.05) is 13.0 Å². The van der Waals surface area contributed by atoms with Gasteiger partial charge in [-0.15, -0.1) is 0 Å². The van der Waals surface area contributed by atoms with Crippen molar-refractivity contribution in [1.82, 2.24) is 4.98 Å². The fraction of sp³-hybridized carbons (Fsp3) is 0.500. The second kappa shape index (κ2) is 9.35. The van der Waals surface area contributed by atoms with Crippen LogP contribution in [0.3, 0.4) is 0 Å². The monoisotopic (exact) mass is 266 g/mol. The number of allylic oxidation sites excluding steroid dienone is 1.